The molecule has 23 heavy (non-hydrogen) atoms. The normalized spacial score (nSPS) is 18.0. The molecule has 0 unspecified atom stereocenters. The fourth-order valence-electron chi connectivity index (χ4n) is 2.59. The number of hydrogen-bond acceptors (Lipinski definition) is 5. The molecule has 120 valence electrons. The lowest BCUT2D eigenvalue weighted by Crippen LogP contribution is -2.43. The Morgan fingerprint density at radius 3 is 2.57 bits per heavy atom. The first-order valence-corrected chi connectivity index (χ1v) is 8.36. The number of ketones is 1. The van der Waals surface area contributed by atoms with Crippen molar-refractivity contribution in [2.45, 2.75) is 19.9 Å². The Labute approximate surface area is 138 Å². The summed E-state index contributed by atoms with van der Waals surface area (Å²) in [6.07, 6.45) is 0. The predicted octanol–water partition coefficient (Wildman–Crippen LogP) is 2.87. The Hall–Kier alpha value is -2.05. The summed E-state index contributed by atoms with van der Waals surface area (Å²) in [6.45, 7) is 4.98. The average molecular weight is 330 g/mol. The first-order valence-electron chi connectivity index (χ1n) is 7.48. The molecule has 0 bridgehead atoms. The molecule has 0 radical (unpaired) electrons. The van der Waals surface area contributed by atoms with Crippen LogP contribution < -0.4 is 0 Å². The zero-order valence-electron chi connectivity index (χ0n) is 13.1. The highest BCUT2D eigenvalue weighted by molar-refractivity contribution is 7.09. The average Bonchev–Trinajstić information content (AvgIpc) is 3.00. The van der Waals surface area contributed by atoms with Crippen LogP contribution in [0.15, 0.2) is 29.6 Å². The summed E-state index contributed by atoms with van der Waals surface area (Å²) in [5.74, 6) is -0.0623. The van der Waals surface area contributed by atoms with E-state index < -0.39 is 0 Å². The van der Waals surface area contributed by atoms with Gasteiger partial charge in [-0.25, -0.2) is 4.98 Å². The second-order valence-corrected chi connectivity index (χ2v) is 6.44. The number of thiazole rings is 1. The van der Waals surface area contributed by atoms with Crippen molar-refractivity contribution in [2.75, 3.05) is 19.8 Å². The molecule has 1 aromatic heterocycles. The Balaban J connectivity index is 1.85. The summed E-state index contributed by atoms with van der Waals surface area (Å²) in [4.78, 5) is 30.5. The zero-order valence-corrected chi connectivity index (χ0v) is 13.9. The molecule has 2 aromatic rings. The molecule has 0 aliphatic carbocycles. The van der Waals surface area contributed by atoms with Crippen molar-refractivity contribution in [1.29, 1.82) is 0 Å². The Kier molecular flexibility index (Phi) is 4.54. The number of aromatic nitrogens is 1. The van der Waals surface area contributed by atoms with Gasteiger partial charge in [0.15, 0.2) is 5.78 Å². The van der Waals surface area contributed by atoms with E-state index >= 15 is 0 Å². The topological polar surface area (TPSA) is 59.5 Å². The maximum atomic E-state index is 12.8. The van der Waals surface area contributed by atoms with E-state index in [0.29, 0.717) is 30.9 Å². The van der Waals surface area contributed by atoms with Gasteiger partial charge in [0.05, 0.1) is 13.2 Å². The molecule has 1 saturated heterocycles. The number of Topliss-reactive ketones (excluding diaryl/α,β-unsaturated/α-hetero) is 1. The van der Waals surface area contributed by atoms with Gasteiger partial charge in [-0.3, -0.25) is 9.59 Å². The van der Waals surface area contributed by atoms with Crippen molar-refractivity contribution in [2.24, 2.45) is 0 Å². The summed E-state index contributed by atoms with van der Waals surface area (Å²) in [6, 6.07) is 6.65. The number of amides is 1. The lowest BCUT2D eigenvalue weighted by atomic mass is 10.1. The third-order valence-corrected chi connectivity index (χ3v) is 4.91. The third kappa shape index (κ3) is 3.33. The summed E-state index contributed by atoms with van der Waals surface area (Å²) in [7, 11) is 0. The van der Waals surface area contributed by atoms with Crippen molar-refractivity contribution >= 4 is 23.0 Å². The molecule has 1 aliphatic heterocycles. The van der Waals surface area contributed by atoms with E-state index in [1.807, 2.05) is 17.2 Å². The van der Waals surface area contributed by atoms with Crippen LogP contribution in [-0.2, 0) is 4.74 Å². The first-order chi connectivity index (χ1) is 11.1. The van der Waals surface area contributed by atoms with E-state index in [1.54, 1.807) is 35.6 Å². The van der Waals surface area contributed by atoms with Crippen molar-refractivity contribution in [3.8, 4) is 0 Å². The van der Waals surface area contributed by atoms with Gasteiger partial charge >= 0.3 is 0 Å². The molecule has 2 heterocycles. The number of benzene rings is 1. The minimum Gasteiger partial charge on any atom is -0.377 e. The standard InChI is InChI=1S/C17H18N2O3S/c1-11-10-23-16(18-11)15-9-22-8-7-19(15)17(21)14-5-3-13(4-6-14)12(2)20/h3-6,10,15H,7-9H2,1-2H3/t15-/m1/s1. The second kappa shape index (κ2) is 6.60. The molecule has 1 aliphatic rings. The van der Waals surface area contributed by atoms with Crippen LogP contribution in [0, 0.1) is 6.92 Å². The summed E-state index contributed by atoms with van der Waals surface area (Å²) in [5.41, 5.74) is 2.14. The highest BCUT2D eigenvalue weighted by Crippen LogP contribution is 2.28. The molecule has 5 nitrogen and oxygen atoms in total. The van der Waals surface area contributed by atoms with Gasteiger partial charge in [0.2, 0.25) is 0 Å². The molecule has 0 N–H and O–H groups in total. The molecule has 0 saturated carbocycles. The van der Waals surface area contributed by atoms with Gasteiger partial charge in [0.1, 0.15) is 11.0 Å². The fraction of sp³-hybridized carbons (Fsp3) is 0.353. The summed E-state index contributed by atoms with van der Waals surface area (Å²) < 4.78 is 5.54. The fourth-order valence-corrected chi connectivity index (χ4v) is 3.48. The summed E-state index contributed by atoms with van der Waals surface area (Å²) in [5, 5.41) is 2.88. The van der Waals surface area contributed by atoms with E-state index in [-0.39, 0.29) is 17.7 Å². The lowest BCUT2D eigenvalue weighted by Gasteiger charge is -2.34. The number of hydrogen-bond donors (Lipinski definition) is 0. The molecule has 1 amide bonds. The van der Waals surface area contributed by atoms with Crippen LogP contribution >= 0.6 is 11.3 Å². The number of ether oxygens (including phenoxy) is 1. The smallest absolute Gasteiger partial charge is 0.254 e. The Bertz CT molecular complexity index is 724. The summed E-state index contributed by atoms with van der Waals surface area (Å²) >= 11 is 1.55. The van der Waals surface area contributed by atoms with Gasteiger partial charge in [-0.2, -0.15) is 0 Å². The van der Waals surface area contributed by atoms with Crippen LogP contribution in [0.4, 0.5) is 0 Å². The molecular weight excluding hydrogens is 312 g/mol. The monoisotopic (exact) mass is 330 g/mol. The molecule has 1 fully saturated rings. The Morgan fingerprint density at radius 1 is 1.26 bits per heavy atom. The van der Waals surface area contributed by atoms with E-state index in [4.69, 9.17) is 4.74 Å². The number of nitrogens with zero attached hydrogens (tertiary/aromatic N) is 2. The van der Waals surface area contributed by atoms with Gasteiger partial charge in [0, 0.05) is 28.7 Å². The molecule has 1 atom stereocenters. The van der Waals surface area contributed by atoms with E-state index in [2.05, 4.69) is 4.98 Å². The van der Waals surface area contributed by atoms with E-state index in [1.165, 1.54) is 6.92 Å². The number of morpholine rings is 1. The van der Waals surface area contributed by atoms with Crippen LogP contribution in [0.5, 0.6) is 0 Å². The maximum Gasteiger partial charge on any atom is 0.254 e. The van der Waals surface area contributed by atoms with Gasteiger partial charge in [0.25, 0.3) is 5.91 Å². The van der Waals surface area contributed by atoms with Crippen molar-refractivity contribution in [3.05, 3.63) is 51.5 Å². The number of carbonyl (C=O) groups excluding carboxylic acids is 2. The lowest BCUT2D eigenvalue weighted by molar-refractivity contribution is -0.00277. The van der Waals surface area contributed by atoms with E-state index in [9.17, 15) is 9.59 Å². The zero-order chi connectivity index (χ0) is 16.4. The van der Waals surface area contributed by atoms with Gasteiger partial charge in [-0.15, -0.1) is 11.3 Å². The van der Waals surface area contributed by atoms with Crippen molar-refractivity contribution < 1.29 is 14.3 Å². The van der Waals surface area contributed by atoms with E-state index in [0.717, 1.165) is 10.7 Å². The van der Waals surface area contributed by atoms with Gasteiger partial charge in [-0.1, -0.05) is 12.1 Å². The minimum atomic E-state index is -0.151. The number of aryl methyl sites for hydroxylation is 1. The van der Waals surface area contributed by atoms with Crippen LogP contribution in [0.25, 0.3) is 0 Å². The third-order valence-electron chi connectivity index (χ3n) is 3.85. The predicted molar refractivity (Wildman–Crippen MR) is 87.9 cm³/mol. The molecule has 1 aromatic carbocycles. The SMILES string of the molecule is CC(=O)c1ccc(C(=O)N2CCOC[C@@H]2c2nc(C)cs2)cc1. The largest absolute Gasteiger partial charge is 0.377 e. The quantitative estimate of drug-likeness (QED) is 0.812. The molecular formula is C17H18N2O3S. The number of carbonyl (C=O) groups is 2. The van der Waals surface area contributed by atoms with Crippen LogP contribution in [-0.4, -0.2) is 41.3 Å². The molecule has 0 spiro atoms. The van der Waals surface area contributed by atoms with Gasteiger partial charge in [-0.05, 0) is 26.0 Å². The van der Waals surface area contributed by atoms with Crippen LogP contribution in [0.3, 0.4) is 0 Å². The van der Waals surface area contributed by atoms with Crippen molar-refractivity contribution in [1.82, 2.24) is 9.88 Å². The second-order valence-electron chi connectivity index (χ2n) is 5.55. The number of rotatable bonds is 3. The minimum absolute atomic E-state index is 0.00786. The molecule has 3 rings (SSSR count). The highest BCUT2D eigenvalue weighted by atomic mass is 32.1. The highest BCUT2D eigenvalue weighted by Gasteiger charge is 2.31. The van der Waals surface area contributed by atoms with Gasteiger partial charge < -0.3 is 9.64 Å². The van der Waals surface area contributed by atoms with Crippen LogP contribution in [0.1, 0.15) is 44.4 Å². The van der Waals surface area contributed by atoms with Crippen LogP contribution in [0.2, 0.25) is 0 Å². The Morgan fingerprint density at radius 2 is 1.96 bits per heavy atom. The molecule has 6 heteroatoms. The first kappa shape index (κ1) is 15.8. The van der Waals surface area contributed by atoms with Crippen molar-refractivity contribution in [3.63, 3.8) is 0 Å². The maximum absolute atomic E-state index is 12.8.